The van der Waals surface area contributed by atoms with E-state index < -0.39 is 0 Å². The summed E-state index contributed by atoms with van der Waals surface area (Å²) in [6, 6.07) is -0.128. The number of carbonyl (C=O) groups is 1. The second-order valence-electron chi connectivity index (χ2n) is 5.08. The van der Waals surface area contributed by atoms with E-state index in [-0.39, 0.29) is 24.0 Å². The van der Waals surface area contributed by atoms with Gasteiger partial charge in [0.25, 0.3) is 0 Å². The summed E-state index contributed by atoms with van der Waals surface area (Å²) in [5, 5.41) is 9.90. The van der Waals surface area contributed by atoms with Crippen LogP contribution in [0.1, 0.15) is 46.5 Å². The van der Waals surface area contributed by atoms with E-state index in [9.17, 15) is 9.90 Å². The van der Waals surface area contributed by atoms with Crippen molar-refractivity contribution < 1.29 is 14.6 Å². The maximum Gasteiger partial charge on any atom is 0.323 e. The van der Waals surface area contributed by atoms with Gasteiger partial charge in [-0.05, 0) is 32.1 Å². The summed E-state index contributed by atoms with van der Waals surface area (Å²) in [5.41, 5.74) is 0. The van der Waals surface area contributed by atoms with E-state index in [2.05, 4.69) is 18.7 Å². The van der Waals surface area contributed by atoms with Gasteiger partial charge in [-0.2, -0.15) is 0 Å². The summed E-state index contributed by atoms with van der Waals surface area (Å²) in [4.78, 5) is 14.2. The number of aliphatic hydroxyl groups is 1. The average molecular weight is 257 g/mol. The Bertz CT molecular complexity index is 257. The van der Waals surface area contributed by atoms with Gasteiger partial charge in [-0.25, -0.2) is 0 Å². The summed E-state index contributed by atoms with van der Waals surface area (Å²) in [7, 11) is 0. The SMILES string of the molecule is CCCC(C(=O)OCC)N1CCC(O)C(CC)C1. The molecule has 0 aromatic rings. The number of rotatable bonds is 6. The number of esters is 1. The first-order valence-electron chi connectivity index (χ1n) is 7.22. The zero-order valence-corrected chi connectivity index (χ0v) is 11.9. The van der Waals surface area contributed by atoms with Crippen LogP contribution in [0.3, 0.4) is 0 Å². The number of carbonyl (C=O) groups excluding carboxylic acids is 1. The van der Waals surface area contributed by atoms with Gasteiger partial charge in [0.05, 0.1) is 12.7 Å². The number of piperidine rings is 1. The minimum absolute atomic E-state index is 0.106. The van der Waals surface area contributed by atoms with Gasteiger partial charge in [0.2, 0.25) is 0 Å². The fourth-order valence-electron chi connectivity index (χ4n) is 2.69. The molecule has 0 aromatic carbocycles. The number of hydrogen-bond acceptors (Lipinski definition) is 4. The number of nitrogens with zero attached hydrogens (tertiary/aromatic N) is 1. The summed E-state index contributed by atoms with van der Waals surface area (Å²) in [6.45, 7) is 8.06. The summed E-state index contributed by atoms with van der Waals surface area (Å²) in [5.74, 6) is 0.179. The molecule has 3 unspecified atom stereocenters. The third-order valence-electron chi connectivity index (χ3n) is 3.81. The topological polar surface area (TPSA) is 49.8 Å². The van der Waals surface area contributed by atoms with Crippen LogP contribution in [0.25, 0.3) is 0 Å². The molecule has 0 aromatic heterocycles. The molecule has 1 aliphatic rings. The molecule has 0 bridgehead atoms. The first-order chi connectivity index (χ1) is 8.63. The Balaban J connectivity index is 2.64. The van der Waals surface area contributed by atoms with Crippen molar-refractivity contribution in [3.8, 4) is 0 Å². The predicted molar refractivity (Wildman–Crippen MR) is 71.3 cm³/mol. The van der Waals surface area contributed by atoms with Gasteiger partial charge in [0, 0.05) is 13.1 Å². The molecular formula is C14H27NO3. The van der Waals surface area contributed by atoms with Crippen molar-refractivity contribution in [1.29, 1.82) is 0 Å². The minimum Gasteiger partial charge on any atom is -0.465 e. The molecule has 1 saturated heterocycles. The normalized spacial score (nSPS) is 26.9. The van der Waals surface area contributed by atoms with E-state index >= 15 is 0 Å². The molecule has 3 atom stereocenters. The number of aliphatic hydroxyl groups excluding tert-OH is 1. The molecule has 1 N–H and O–H groups in total. The van der Waals surface area contributed by atoms with E-state index in [1.165, 1.54) is 0 Å². The maximum atomic E-state index is 12.0. The van der Waals surface area contributed by atoms with Crippen molar-refractivity contribution in [2.24, 2.45) is 5.92 Å². The smallest absolute Gasteiger partial charge is 0.323 e. The van der Waals surface area contributed by atoms with Gasteiger partial charge in [-0.3, -0.25) is 9.69 Å². The third kappa shape index (κ3) is 3.95. The van der Waals surface area contributed by atoms with Crippen LogP contribution < -0.4 is 0 Å². The fraction of sp³-hybridized carbons (Fsp3) is 0.929. The Morgan fingerprint density at radius 1 is 1.44 bits per heavy atom. The highest BCUT2D eigenvalue weighted by molar-refractivity contribution is 5.75. The van der Waals surface area contributed by atoms with E-state index in [1.807, 2.05) is 6.92 Å². The van der Waals surface area contributed by atoms with Crippen molar-refractivity contribution in [2.75, 3.05) is 19.7 Å². The van der Waals surface area contributed by atoms with Gasteiger partial charge < -0.3 is 9.84 Å². The van der Waals surface area contributed by atoms with Crippen LogP contribution >= 0.6 is 0 Å². The van der Waals surface area contributed by atoms with Crippen molar-refractivity contribution in [1.82, 2.24) is 4.90 Å². The highest BCUT2D eigenvalue weighted by Crippen LogP contribution is 2.23. The van der Waals surface area contributed by atoms with Gasteiger partial charge in [0.15, 0.2) is 0 Å². The van der Waals surface area contributed by atoms with Crippen LogP contribution in [0.15, 0.2) is 0 Å². The Morgan fingerprint density at radius 2 is 2.17 bits per heavy atom. The van der Waals surface area contributed by atoms with Crippen LogP contribution in [-0.2, 0) is 9.53 Å². The van der Waals surface area contributed by atoms with Crippen LogP contribution in [0, 0.1) is 5.92 Å². The highest BCUT2D eigenvalue weighted by atomic mass is 16.5. The number of likely N-dealkylation sites (tertiary alicyclic amines) is 1. The monoisotopic (exact) mass is 257 g/mol. The van der Waals surface area contributed by atoms with Gasteiger partial charge in [-0.15, -0.1) is 0 Å². The van der Waals surface area contributed by atoms with Gasteiger partial charge in [-0.1, -0.05) is 20.3 Å². The van der Waals surface area contributed by atoms with Crippen molar-refractivity contribution in [3.05, 3.63) is 0 Å². The lowest BCUT2D eigenvalue weighted by Crippen LogP contribution is -2.51. The lowest BCUT2D eigenvalue weighted by atomic mass is 9.91. The van der Waals surface area contributed by atoms with E-state index in [0.29, 0.717) is 6.61 Å². The molecule has 0 radical (unpaired) electrons. The average Bonchev–Trinajstić information content (AvgIpc) is 2.37. The molecule has 106 valence electrons. The van der Waals surface area contributed by atoms with E-state index in [1.54, 1.807) is 0 Å². The highest BCUT2D eigenvalue weighted by Gasteiger charge is 2.33. The lowest BCUT2D eigenvalue weighted by molar-refractivity contribution is -0.151. The molecule has 0 amide bonds. The molecular weight excluding hydrogens is 230 g/mol. The minimum atomic E-state index is -0.212. The Morgan fingerprint density at radius 3 is 2.72 bits per heavy atom. The Hall–Kier alpha value is -0.610. The largest absolute Gasteiger partial charge is 0.465 e. The summed E-state index contributed by atoms with van der Waals surface area (Å²) < 4.78 is 5.16. The standard InChI is InChI=1S/C14H27NO3/c1-4-7-12(14(17)18-6-3)15-9-8-13(16)11(5-2)10-15/h11-13,16H,4-10H2,1-3H3. The molecule has 4 heteroatoms. The number of ether oxygens (including phenoxy) is 1. The van der Waals surface area contributed by atoms with Crippen LogP contribution in [0.4, 0.5) is 0 Å². The second-order valence-corrected chi connectivity index (χ2v) is 5.08. The second kappa shape index (κ2) is 7.74. The van der Waals surface area contributed by atoms with Crippen LogP contribution in [0.2, 0.25) is 0 Å². The molecule has 1 rings (SSSR count). The molecule has 0 saturated carbocycles. The van der Waals surface area contributed by atoms with Crippen LogP contribution in [0.5, 0.6) is 0 Å². The first-order valence-corrected chi connectivity index (χ1v) is 7.22. The summed E-state index contributed by atoms with van der Waals surface area (Å²) in [6.07, 6.45) is 3.32. The zero-order valence-electron chi connectivity index (χ0n) is 11.9. The molecule has 1 aliphatic heterocycles. The van der Waals surface area contributed by atoms with E-state index in [0.717, 1.165) is 38.8 Å². The van der Waals surface area contributed by atoms with Crippen molar-refractivity contribution in [2.45, 2.75) is 58.6 Å². The van der Waals surface area contributed by atoms with Crippen molar-refractivity contribution >= 4 is 5.97 Å². The molecule has 18 heavy (non-hydrogen) atoms. The van der Waals surface area contributed by atoms with Gasteiger partial charge >= 0.3 is 5.97 Å². The summed E-state index contributed by atoms with van der Waals surface area (Å²) >= 11 is 0. The fourth-order valence-corrected chi connectivity index (χ4v) is 2.69. The van der Waals surface area contributed by atoms with Gasteiger partial charge in [0.1, 0.15) is 6.04 Å². The quantitative estimate of drug-likeness (QED) is 0.737. The lowest BCUT2D eigenvalue weighted by Gasteiger charge is -2.39. The zero-order chi connectivity index (χ0) is 13.5. The molecule has 0 aliphatic carbocycles. The molecule has 1 heterocycles. The third-order valence-corrected chi connectivity index (χ3v) is 3.81. The maximum absolute atomic E-state index is 12.0. The number of hydrogen-bond donors (Lipinski definition) is 1. The van der Waals surface area contributed by atoms with Crippen LogP contribution in [-0.4, -0.2) is 47.8 Å². The first kappa shape index (κ1) is 15.4. The molecule has 1 fully saturated rings. The predicted octanol–water partition coefficient (Wildman–Crippen LogP) is 1.81. The Kier molecular flexibility index (Phi) is 6.65. The van der Waals surface area contributed by atoms with Crippen molar-refractivity contribution in [3.63, 3.8) is 0 Å². The molecule has 0 spiro atoms. The molecule has 4 nitrogen and oxygen atoms in total. The van der Waals surface area contributed by atoms with E-state index in [4.69, 9.17) is 4.74 Å². The Labute approximate surface area is 110 Å².